The van der Waals surface area contributed by atoms with Gasteiger partial charge in [0.15, 0.2) is 0 Å². The van der Waals surface area contributed by atoms with Crippen LogP contribution >= 0.6 is 0 Å². The summed E-state index contributed by atoms with van der Waals surface area (Å²) in [5.41, 5.74) is 4.66. The number of hydrogen-bond acceptors (Lipinski definition) is 1. The van der Waals surface area contributed by atoms with E-state index in [9.17, 15) is 4.39 Å². The predicted molar refractivity (Wildman–Crippen MR) is 83.0 cm³/mol. The highest BCUT2D eigenvalue weighted by atomic mass is 19.1. The van der Waals surface area contributed by atoms with E-state index in [2.05, 4.69) is 41.5 Å². The van der Waals surface area contributed by atoms with Crippen LogP contribution in [0.4, 0.5) is 4.39 Å². The maximum atomic E-state index is 13.6. The molecule has 0 aliphatic carbocycles. The summed E-state index contributed by atoms with van der Waals surface area (Å²) in [6, 6.07) is 15.5. The second kappa shape index (κ2) is 4.71. The van der Waals surface area contributed by atoms with Gasteiger partial charge in [0.05, 0.1) is 6.04 Å². The molecule has 1 aliphatic heterocycles. The molecule has 1 aromatic heterocycles. The van der Waals surface area contributed by atoms with Crippen molar-refractivity contribution in [1.29, 1.82) is 0 Å². The molecule has 3 heteroatoms. The summed E-state index contributed by atoms with van der Waals surface area (Å²) < 4.78 is 13.6. The molecule has 2 atom stereocenters. The standard InChI is InChI=1S/C18H17FN2/c1-11-10-20-17(12-5-3-2-4-6-12)18-16(11)14-9-13(19)7-8-15(14)21-18/h2-9,11,17,20-21H,10H2,1H3. The third-order valence-corrected chi connectivity index (χ3v) is 4.37. The summed E-state index contributed by atoms with van der Waals surface area (Å²) in [6.07, 6.45) is 0. The average molecular weight is 280 g/mol. The van der Waals surface area contributed by atoms with Crippen molar-refractivity contribution in [3.05, 3.63) is 71.2 Å². The lowest BCUT2D eigenvalue weighted by Gasteiger charge is -2.29. The van der Waals surface area contributed by atoms with Crippen LogP contribution in [0.5, 0.6) is 0 Å². The third kappa shape index (κ3) is 1.96. The number of rotatable bonds is 1. The number of H-pyrrole nitrogens is 1. The van der Waals surface area contributed by atoms with Crippen LogP contribution in [0.15, 0.2) is 48.5 Å². The first kappa shape index (κ1) is 12.6. The van der Waals surface area contributed by atoms with Crippen LogP contribution in [0.3, 0.4) is 0 Å². The molecule has 2 unspecified atom stereocenters. The van der Waals surface area contributed by atoms with Crippen LogP contribution in [0.2, 0.25) is 0 Å². The van der Waals surface area contributed by atoms with Crippen molar-refractivity contribution >= 4 is 10.9 Å². The third-order valence-electron chi connectivity index (χ3n) is 4.37. The Labute approximate surface area is 123 Å². The normalized spacial score (nSPS) is 21.4. The molecule has 0 saturated carbocycles. The first-order valence-corrected chi connectivity index (χ1v) is 7.33. The fourth-order valence-corrected chi connectivity index (χ4v) is 3.39. The largest absolute Gasteiger partial charge is 0.357 e. The summed E-state index contributed by atoms with van der Waals surface area (Å²) >= 11 is 0. The molecule has 0 bridgehead atoms. The molecule has 0 saturated heterocycles. The van der Waals surface area contributed by atoms with Gasteiger partial charge in [-0.1, -0.05) is 37.3 Å². The van der Waals surface area contributed by atoms with E-state index in [1.807, 2.05) is 12.1 Å². The lowest BCUT2D eigenvalue weighted by Crippen LogP contribution is -2.32. The zero-order chi connectivity index (χ0) is 14.4. The quantitative estimate of drug-likeness (QED) is 0.690. The number of aromatic amines is 1. The van der Waals surface area contributed by atoms with Gasteiger partial charge in [-0.25, -0.2) is 4.39 Å². The van der Waals surface area contributed by atoms with E-state index in [1.54, 1.807) is 6.07 Å². The van der Waals surface area contributed by atoms with Gasteiger partial charge >= 0.3 is 0 Å². The maximum Gasteiger partial charge on any atom is 0.123 e. The molecule has 2 aromatic carbocycles. The predicted octanol–water partition coefficient (Wildman–Crippen LogP) is 4.10. The monoisotopic (exact) mass is 280 g/mol. The van der Waals surface area contributed by atoms with Gasteiger partial charge in [0, 0.05) is 23.1 Å². The van der Waals surface area contributed by atoms with E-state index in [-0.39, 0.29) is 11.9 Å². The Morgan fingerprint density at radius 2 is 1.90 bits per heavy atom. The van der Waals surface area contributed by atoms with Crippen molar-refractivity contribution in [2.45, 2.75) is 18.9 Å². The summed E-state index contributed by atoms with van der Waals surface area (Å²) in [4.78, 5) is 3.49. The molecule has 21 heavy (non-hydrogen) atoms. The van der Waals surface area contributed by atoms with Crippen LogP contribution in [-0.4, -0.2) is 11.5 Å². The van der Waals surface area contributed by atoms with Crippen molar-refractivity contribution in [3.63, 3.8) is 0 Å². The number of fused-ring (bicyclic) bond motifs is 3. The Morgan fingerprint density at radius 1 is 1.10 bits per heavy atom. The summed E-state index contributed by atoms with van der Waals surface area (Å²) in [6.45, 7) is 3.08. The average Bonchev–Trinajstić information content (AvgIpc) is 2.88. The molecule has 0 spiro atoms. The first-order valence-electron chi connectivity index (χ1n) is 7.33. The molecule has 0 fully saturated rings. The molecule has 3 aromatic rings. The SMILES string of the molecule is CC1CNC(c2ccccc2)c2[nH]c3ccc(F)cc3c21. The van der Waals surface area contributed by atoms with E-state index in [4.69, 9.17) is 0 Å². The van der Waals surface area contributed by atoms with E-state index < -0.39 is 0 Å². The molecule has 2 heterocycles. The fraction of sp³-hybridized carbons (Fsp3) is 0.222. The highest BCUT2D eigenvalue weighted by Gasteiger charge is 2.29. The molecule has 2 nitrogen and oxygen atoms in total. The lowest BCUT2D eigenvalue weighted by atomic mass is 9.88. The Balaban J connectivity index is 1.94. The highest BCUT2D eigenvalue weighted by molar-refractivity contribution is 5.86. The van der Waals surface area contributed by atoms with Crippen molar-refractivity contribution in [2.75, 3.05) is 6.54 Å². The Morgan fingerprint density at radius 3 is 2.71 bits per heavy atom. The molecular formula is C18H17FN2. The number of benzene rings is 2. The van der Waals surface area contributed by atoms with Gasteiger partial charge < -0.3 is 10.3 Å². The smallest absolute Gasteiger partial charge is 0.123 e. The summed E-state index contributed by atoms with van der Waals surface area (Å²) in [7, 11) is 0. The van der Waals surface area contributed by atoms with Gasteiger partial charge in [-0.05, 0) is 35.2 Å². The first-order chi connectivity index (χ1) is 10.2. The van der Waals surface area contributed by atoms with Gasteiger partial charge in [0.2, 0.25) is 0 Å². The molecule has 106 valence electrons. The van der Waals surface area contributed by atoms with E-state index in [0.717, 1.165) is 17.4 Å². The fourth-order valence-electron chi connectivity index (χ4n) is 3.39. The lowest BCUT2D eigenvalue weighted by molar-refractivity contribution is 0.511. The molecular weight excluding hydrogens is 263 g/mol. The zero-order valence-electron chi connectivity index (χ0n) is 11.9. The second-order valence-corrected chi connectivity index (χ2v) is 5.80. The number of nitrogens with one attached hydrogen (secondary N) is 2. The van der Waals surface area contributed by atoms with Gasteiger partial charge in [-0.2, -0.15) is 0 Å². The minimum absolute atomic E-state index is 0.146. The van der Waals surface area contributed by atoms with Crippen LogP contribution in [0.25, 0.3) is 10.9 Å². The highest BCUT2D eigenvalue weighted by Crippen LogP contribution is 2.38. The summed E-state index contributed by atoms with van der Waals surface area (Å²) in [5, 5.41) is 4.61. The Bertz CT molecular complexity index is 792. The van der Waals surface area contributed by atoms with Crippen molar-refractivity contribution in [3.8, 4) is 0 Å². The molecule has 4 rings (SSSR count). The minimum atomic E-state index is -0.175. The number of hydrogen-bond donors (Lipinski definition) is 2. The van der Waals surface area contributed by atoms with E-state index in [1.165, 1.54) is 22.9 Å². The van der Waals surface area contributed by atoms with Gasteiger partial charge in [-0.15, -0.1) is 0 Å². The summed E-state index contributed by atoms with van der Waals surface area (Å²) in [5.74, 6) is 0.196. The molecule has 1 aliphatic rings. The molecule has 0 radical (unpaired) electrons. The maximum absolute atomic E-state index is 13.6. The Hall–Kier alpha value is -2.13. The van der Waals surface area contributed by atoms with Crippen LogP contribution < -0.4 is 5.32 Å². The van der Waals surface area contributed by atoms with E-state index >= 15 is 0 Å². The van der Waals surface area contributed by atoms with Crippen molar-refractivity contribution < 1.29 is 4.39 Å². The van der Waals surface area contributed by atoms with Gasteiger partial charge in [-0.3, -0.25) is 0 Å². The molecule has 0 amide bonds. The van der Waals surface area contributed by atoms with Crippen LogP contribution in [0.1, 0.15) is 35.7 Å². The van der Waals surface area contributed by atoms with Crippen LogP contribution in [0, 0.1) is 5.82 Å². The van der Waals surface area contributed by atoms with E-state index in [0.29, 0.717) is 5.92 Å². The second-order valence-electron chi connectivity index (χ2n) is 5.80. The van der Waals surface area contributed by atoms with Crippen molar-refractivity contribution in [2.24, 2.45) is 0 Å². The zero-order valence-corrected chi connectivity index (χ0v) is 11.9. The van der Waals surface area contributed by atoms with Gasteiger partial charge in [0.1, 0.15) is 5.82 Å². The number of halogens is 1. The van der Waals surface area contributed by atoms with Crippen LogP contribution in [-0.2, 0) is 0 Å². The number of aromatic nitrogens is 1. The Kier molecular flexibility index (Phi) is 2.82. The van der Waals surface area contributed by atoms with Gasteiger partial charge in [0.25, 0.3) is 0 Å². The topological polar surface area (TPSA) is 27.8 Å². The molecule has 2 N–H and O–H groups in total. The van der Waals surface area contributed by atoms with Crippen molar-refractivity contribution in [1.82, 2.24) is 10.3 Å². The minimum Gasteiger partial charge on any atom is -0.357 e.